The van der Waals surface area contributed by atoms with Crippen LogP contribution in [0.1, 0.15) is 39.5 Å². The second kappa shape index (κ2) is 4.95. The van der Waals surface area contributed by atoms with Crippen LogP contribution >= 0.6 is 0 Å². The fourth-order valence-electron chi connectivity index (χ4n) is 1.47. The number of aliphatic imine (C=N–C) groups is 1. The van der Waals surface area contributed by atoms with E-state index in [0.29, 0.717) is 12.2 Å². The van der Waals surface area contributed by atoms with Crippen LogP contribution in [0.15, 0.2) is 16.8 Å². The Balaban J connectivity index is 2.35. The van der Waals surface area contributed by atoms with Crippen LogP contribution in [-0.4, -0.2) is 12.0 Å². The average Bonchev–Trinajstić information content (AvgIpc) is 2.57. The molecule has 0 radical (unpaired) electrons. The highest BCUT2D eigenvalue weighted by molar-refractivity contribution is 5.81. The third-order valence-corrected chi connectivity index (χ3v) is 2.28. The largest absolute Gasteiger partial charge is 0.299 e. The number of hydrogen-bond acceptors (Lipinski definition) is 2. The Hall–Kier alpha value is -0.920. The van der Waals surface area contributed by atoms with E-state index in [-0.39, 0.29) is 5.92 Å². The molecule has 13 heavy (non-hydrogen) atoms. The zero-order valence-corrected chi connectivity index (χ0v) is 8.42. The Morgan fingerprint density at radius 2 is 2.46 bits per heavy atom. The van der Waals surface area contributed by atoms with Crippen molar-refractivity contribution in [2.24, 2.45) is 10.9 Å². The molecule has 1 aliphatic rings. The van der Waals surface area contributed by atoms with Crippen LogP contribution in [-0.2, 0) is 4.79 Å². The van der Waals surface area contributed by atoms with Gasteiger partial charge in [0.05, 0.1) is 0 Å². The van der Waals surface area contributed by atoms with Gasteiger partial charge >= 0.3 is 0 Å². The molecule has 0 amide bonds. The monoisotopic (exact) mass is 179 g/mol. The van der Waals surface area contributed by atoms with Crippen molar-refractivity contribution in [1.82, 2.24) is 0 Å². The second-order valence-electron chi connectivity index (χ2n) is 3.56. The van der Waals surface area contributed by atoms with Gasteiger partial charge in [0.1, 0.15) is 5.78 Å². The van der Waals surface area contributed by atoms with Gasteiger partial charge in [0.15, 0.2) is 0 Å². The molecule has 1 rings (SSSR count). The predicted molar refractivity (Wildman–Crippen MR) is 54.9 cm³/mol. The summed E-state index contributed by atoms with van der Waals surface area (Å²) in [5.74, 6) is 0.506. The molecule has 0 aliphatic carbocycles. The van der Waals surface area contributed by atoms with E-state index in [4.69, 9.17) is 0 Å². The molecule has 1 aliphatic heterocycles. The maximum absolute atomic E-state index is 11.5. The number of carbonyl (C=O) groups excluding carboxylic acids is 1. The summed E-state index contributed by atoms with van der Waals surface area (Å²) < 4.78 is 0. The summed E-state index contributed by atoms with van der Waals surface area (Å²) in [5, 5.41) is 0. The summed E-state index contributed by atoms with van der Waals surface area (Å²) in [4.78, 5) is 15.7. The second-order valence-corrected chi connectivity index (χ2v) is 3.56. The Kier molecular flexibility index (Phi) is 3.87. The van der Waals surface area contributed by atoms with Crippen LogP contribution in [0.2, 0.25) is 0 Å². The van der Waals surface area contributed by atoms with Gasteiger partial charge in [-0.3, -0.25) is 9.79 Å². The Morgan fingerprint density at radius 1 is 1.69 bits per heavy atom. The average molecular weight is 179 g/mol. The highest BCUT2D eigenvalue weighted by atomic mass is 16.1. The van der Waals surface area contributed by atoms with Crippen molar-refractivity contribution >= 4 is 12.0 Å². The van der Waals surface area contributed by atoms with Crippen molar-refractivity contribution in [3.05, 3.63) is 11.8 Å². The molecular formula is C11H17NO. The van der Waals surface area contributed by atoms with Gasteiger partial charge in [-0.2, -0.15) is 0 Å². The molecule has 0 N–H and O–H groups in total. The summed E-state index contributed by atoms with van der Waals surface area (Å²) in [6.45, 7) is 4.03. The van der Waals surface area contributed by atoms with Gasteiger partial charge < -0.3 is 0 Å². The lowest BCUT2D eigenvalue weighted by Crippen LogP contribution is -2.10. The number of allylic oxidation sites excluding steroid dienone is 2. The highest BCUT2D eigenvalue weighted by Gasteiger charge is 2.14. The van der Waals surface area contributed by atoms with Gasteiger partial charge in [-0.25, -0.2) is 0 Å². The highest BCUT2D eigenvalue weighted by Crippen LogP contribution is 2.18. The number of rotatable bonds is 5. The van der Waals surface area contributed by atoms with E-state index in [2.05, 4.69) is 11.1 Å². The first kappa shape index (κ1) is 10.2. The first-order valence-electron chi connectivity index (χ1n) is 4.98. The van der Waals surface area contributed by atoms with Crippen LogP contribution in [0.25, 0.3) is 0 Å². The molecule has 0 fully saturated rings. The van der Waals surface area contributed by atoms with E-state index in [1.165, 1.54) is 0 Å². The minimum Gasteiger partial charge on any atom is -0.299 e. The molecule has 0 unspecified atom stereocenters. The Labute approximate surface area is 79.8 Å². The summed E-state index contributed by atoms with van der Waals surface area (Å²) >= 11 is 0. The fourth-order valence-corrected chi connectivity index (χ4v) is 1.47. The molecule has 0 saturated heterocycles. The number of hydrogen-bond donors (Lipinski definition) is 0. The molecule has 0 bridgehead atoms. The summed E-state index contributed by atoms with van der Waals surface area (Å²) in [6, 6.07) is 0. The third kappa shape index (κ3) is 3.13. The molecule has 0 aromatic carbocycles. The molecule has 0 aromatic rings. The van der Waals surface area contributed by atoms with E-state index in [0.717, 1.165) is 25.0 Å². The molecule has 0 spiro atoms. The minimum absolute atomic E-state index is 0.140. The van der Waals surface area contributed by atoms with Crippen LogP contribution in [0, 0.1) is 5.92 Å². The zero-order chi connectivity index (χ0) is 9.68. The quantitative estimate of drug-likeness (QED) is 0.638. The lowest BCUT2D eigenvalue weighted by atomic mass is 9.97. The van der Waals surface area contributed by atoms with Crippen molar-refractivity contribution in [3.8, 4) is 0 Å². The van der Waals surface area contributed by atoms with Crippen LogP contribution < -0.4 is 0 Å². The van der Waals surface area contributed by atoms with Gasteiger partial charge in [0, 0.05) is 30.7 Å². The van der Waals surface area contributed by atoms with Crippen molar-refractivity contribution in [2.45, 2.75) is 39.5 Å². The minimum atomic E-state index is 0.140. The first-order valence-corrected chi connectivity index (χ1v) is 4.98. The lowest BCUT2D eigenvalue weighted by Gasteiger charge is -2.08. The van der Waals surface area contributed by atoms with Gasteiger partial charge in [-0.1, -0.05) is 19.9 Å². The van der Waals surface area contributed by atoms with Crippen LogP contribution in [0.4, 0.5) is 0 Å². The Bertz CT molecular complexity index is 240. The number of ketones is 1. The number of nitrogens with zero attached hydrogens (tertiary/aromatic N) is 1. The lowest BCUT2D eigenvalue weighted by molar-refractivity contribution is -0.122. The van der Waals surface area contributed by atoms with Crippen molar-refractivity contribution < 1.29 is 4.79 Å². The van der Waals surface area contributed by atoms with E-state index in [9.17, 15) is 4.79 Å². The topological polar surface area (TPSA) is 29.4 Å². The standard InChI is InChI=1S/C11H17NO/c1-3-5-11(13)9(2)8-10-6-4-7-12-10/h6-7,9H,3-5,8H2,1-2H3/t9-/m0/s1. The van der Waals surface area contributed by atoms with Crippen LogP contribution in [0.3, 0.4) is 0 Å². The number of Topliss-reactive ketones (excluding diaryl/α,β-unsaturated/α-hetero) is 1. The SMILES string of the molecule is CCCC(=O)[C@@H](C)CC1=CCC=N1. The van der Waals surface area contributed by atoms with Crippen molar-refractivity contribution in [2.75, 3.05) is 0 Å². The van der Waals surface area contributed by atoms with E-state index >= 15 is 0 Å². The molecule has 0 aromatic heterocycles. The van der Waals surface area contributed by atoms with E-state index < -0.39 is 0 Å². The third-order valence-electron chi connectivity index (χ3n) is 2.28. The normalized spacial score (nSPS) is 17.2. The van der Waals surface area contributed by atoms with Gasteiger partial charge in [0.2, 0.25) is 0 Å². The van der Waals surface area contributed by atoms with Gasteiger partial charge in [-0.15, -0.1) is 0 Å². The maximum atomic E-state index is 11.5. The van der Waals surface area contributed by atoms with Crippen molar-refractivity contribution in [1.29, 1.82) is 0 Å². The zero-order valence-electron chi connectivity index (χ0n) is 8.42. The smallest absolute Gasteiger partial charge is 0.136 e. The van der Waals surface area contributed by atoms with Crippen LogP contribution in [0.5, 0.6) is 0 Å². The molecule has 0 saturated carbocycles. The molecule has 2 nitrogen and oxygen atoms in total. The summed E-state index contributed by atoms with van der Waals surface area (Å²) in [6.07, 6.45) is 7.39. The van der Waals surface area contributed by atoms with Crippen molar-refractivity contribution in [3.63, 3.8) is 0 Å². The molecule has 72 valence electrons. The van der Waals surface area contributed by atoms with E-state index in [1.807, 2.05) is 20.1 Å². The molecule has 2 heteroatoms. The first-order chi connectivity index (χ1) is 6.24. The van der Waals surface area contributed by atoms with Gasteiger partial charge in [-0.05, 0) is 12.8 Å². The molecule has 1 atom stereocenters. The fraction of sp³-hybridized carbons (Fsp3) is 0.636. The summed E-state index contributed by atoms with van der Waals surface area (Å²) in [5.41, 5.74) is 1.08. The van der Waals surface area contributed by atoms with Gasteiger partial charge in [0.25, 0.3) is 0 Å². The molecule has 1 heterocycles. The summed E-state index contributed by atoms with van der Waals surface area (Å²) in [7, 11) is 0. The maximum Gasteiger partial charge on any atom is 0.136 e. The Morgan fingerprint density at radius 3 is 3.00 bits per heavy atom. The number of carbonyl (C=O) groups is 1. The molecular weight excluding hydrogens is 162 g/mol. The van der Waals surface area contributed by atoms with E-state index in [1.54, 1.807) is 0 Å². The predicted octanol–water partition coefficient (Wildman–Crippen LogP) is 2.74.